The molecule has 1 aromatic rings. The van der Waals surface area contributed by atoms with E-state index in [1.54, 1.807) is 12.1 Å². The van der Waals surface area contributed by atoms with Crippen LogP contribution in [-0.4, -0.2) is 45.1 Å². The zero-order chi connectivity index (χ0) is 15.5. The van der Waals surface area contributed by atoms with E-state index in [0.717, 1.165) is 26.1 Å². The summed E-state index contributed by atoms with van der Waals surface area (Å²) in [7, 11) is -3.20. The van der Waals surface area contributed by atoms with Crippen LogP contribution in [0.4, 0.5) is 0 Å². The highest BCUT2D eigenvalue weighted by Crippen LogP contribution is 2.22. The Morgan fingerprint density at radius 3 is 2.38 bits per heavy atom. The maximum atomic E-state index is 11.4. The Hall–Kier alpha value is -0.950. The van der Waals surface area contributed by atoms with Crippen LogP contribution in [0.1, 0.15) is 31.4 Å². The Bertz CT molecular complexity index is 562. The lowest BCUT2D eigenvalue weighted by Gasteiger charge is -2.35. The summed E-state index contributed by atoms with van der Waals surface area (Å²) >= 11 is 0. The van der Waals surface area contributed by atoms with Gasteiger partial charge < -0.3 is 15.2 Å². The first-order valence-electron chi connectivity index (χ1n) is 7.11. The van der Waals surface area contributed by atoms with E-state index >= 15 is 0 Å². The highest BCUT2D eigenvalue weighted by molar-refractivity contribution is 7.90. The normalized spacial score (nSPS) is 20.1. The summed E-state index contributed by atoms with van der Waals surface area (Å²) in [5, 5.41) is 13.6. The largest absolute Gasteiger partial charge is 0.387 e. The molecule has 1 aliphatic heterocycles. The average molecular weight is 313 g/mol. The molecule has 1 heterocycles. The molecule has 0 saturated carbocycles. The molecule has 2 N–H and O–H groups in total. The van der Waals surface area contributed by atoms with Gasteiger partial charge in [0.2, 0.25) is 0 Å². The summed E-state index contributed by atoms with van der Waals surface area (Å²) in [4.78, 5) is 0.266. The molecule has 0 bridgehead atoms. The smallest absolute Gasteiger partial charge is 0.175 e. The minimum atomic E-state index is -3.20. The molecule has 0 amide bonds. The number of hydrogen-bond donors (Lipinski definition) is 2. The SMILES string of the molecule is CC1(NCC(O)c2ccc(S(C)(=O)=O)cc2)CCOCC1. The molecule has 6 heteroatoms. The molecular formula is C15H23NO4S. The predicted octanol–water partition coefficient (Wildman–Crippen LogP) is 1.28. The third-order valence-electron chi connectivity index (χ3n) is 4.01. The molecule has 21 heavy (non-hydrogen) atoms. The summed E-state index contributed by atoms with van der Waals surface area (Å²) in [6.45, 7) is 4.05. The fourth-order valence-corrected chi connectivity index (χ4v) is 3.03. The number of ether oxygens (including phenoxy) is 1. The van der Waals surface area contributed by atoms with E-state index in [9.17, 15) is 13.5 Å². The number of aliphatic hydroxyl groups is 1. The molecule has 0 radical (unpaired) electrons. The van der Waals surface area contributed by atoms with Crippen LogP contribution in [0.25, 0.3) is 0 Å². The summed E-state index contributed by atoms with van der Waals surface area (Å²) in [5.74, 6) is 0. The average Bonchev–Trinajstić information content (AvgIpc) is 2.45. The van der Waals surface area contributed by atoms with Gasteiger partial charge in [0.05, 0.1) is 11.0 Å². The van der Waals surface area contributed by atoms with Gasteiger partial charge in [0.15, 0.2) is 9.84 Å². The van der Waals surface area contributed by atoms with Gasteiger partial charge in [-0.1, -0.05) is 12.1 Å². The number of sulfone groups is 1. The van der Waals surface area contributed by atoms with Crippen LogP contribution in [-0.2, 0) is 14.6 Å². The van der Waals surface area contributed by atoms with E-state index in [2.05, 4.69) is 12.2 Å². The van der Waals surface area contributed by atoms with E-state index in [-0.39, 0.29) is 10.4 Å². The second kappa shape index (κ2) is 6.44. The van der Waals surface area contributed by atoms with Crippen molar-refractivity contribution in [1.82, 2.24) is 5.32 Å². The van der Waals surface area contributed by atoms with Crippen molar-refractivity contribution in [3.8, 4) is 0 Å². The van der Waals surface area contributed by atoms with Crippen molar-refractivity contribution in [2.45, 2.75) is 36.3 Å². The summed E-state index contributed by atoms with van der Waals surface area (Å²) in [5.41, 5.74) is 0.705. The quantitative estimate of drug-likeness (QED) is 0.856. The maximum Gasteiger partial charge on any atom is 0.175 e. The van der Waals surface area contributed by atoms with Crippen molar-refractivity contribution in [2.75, 3.05) is 26.0 Å². The van der Waals surface area contributed by atoms with Crippen LogP contribution in [0, 0.1) is 0 Å². The van der Waals surface area contributed by atoms with E-state index in [1.165, 1.54) is 18.4 Å². The fraction of sp³-hybridized carbons (Fsp3) is 0.600. The van der Waals surface area contributed by atoms with Crippen molar-refractivity contribution >= 4 is 9.84 Å². The van der Waals surface area contributed by atoms with Gasteiger partial charge in [0, 0.05) is 31.6 Å². The molecule has 1 fully saturated rings. The number of aliphatic hydroxyl groups excluding tert-OH is 1. The van der Waals surface area contributed by atoms with Crippen molar-refractivity contribution in [3.05, 3.63) is 29.8 Å². The van der Waals surface area contributed by atoms with E-state index < -0.39 is 15.9 Å². The Balaban J connectivity index is 1.95. The molecule has 118 valence electrons. The van der Waals surface area contributed by atoms with Crippen LogP contribution < -0.4 is 5.32 Å². The molecule has 0 aromatic heterocycles. The zero-order valence-electron chi connectivity index (χ0n) is 12.5. The third kappa shape index (κ3) is 4.51. The van der Waals surface area contributed by atoms with Crippen molar-refractivity contribution < 1.29 is 18.3 Å². The van der Waals surface area contributed by atoms with Gasteiger partial charge in [-0.2, -0.15) is 0 Å². The van der Waals surface area contributed by atoms with Crippen LogP contribution in [0.2, 0.25) is 0 Å². The van der Waals surface area contributed by atoms with Gasteiger partial charge in [-0.25, -0.2) is 8.42 Å². The highest BCUT2D eigenvalue weighted by Gasteiger charge is 2.27. The lowest BCUT2D eigenvalue weighted by atomic mass is 9.92. The van der Waals surface area contributed by atoms with E-state index in [0.29, 0.717) is 12.1 Å². The molecule has 2 rings (SSSR count). The van der Waals surface area contributed by atoms with Crippen LogP contribution in [0.3, 0.4) is 0 Å². The highest BCUT2D eigenvalue weighted by atomic mass is 32.2. The first-order chi connectivity index (χ1) is 9.80. The number of β-amino-alcohol motifs (C(OH)–C–C–N with tert-alkyl or cyclic N) is 1. The molecule has 1 unspecified atom stereocenters. The molecule has 0 aliphatic carbocycles. The molecule has 5 nitrogen and oxygen atoms in total. The first-order valence-corrected chi connectivity index (χ1v) is 9.00. The molecule has 1 saturated heterocycles. The third-order valence-corrected chi connectivity index (χ3v) is 5.14. The predicted molar refractivity (Wildman–Crippen MR) is 81.0 cm³/mol. The second-order valence-electron chi connectivity index (χ2n) is 5.91. The lowest BCUT2D eigenvalue weighted by Crippen LogP contribution is -2.48. The fourth-order valence-electron chi connectivity index (χ4n) is 2.40. The van der Waals surface area contributed by atoms with Crippen LogP contribution in [0.5, 0.6) is 0 Å². The minimum absolute atomic E-state index is 0.00801. The molecular weight excluding hydrogens is 290 g/mol. The number of nitrogens with one attached hydrogen (secondary N) is 1. The van der Waals surface area contributed by atoms with Crippen molar-refractivity contribution in [2.24, 2.45) is 0 Å². The van der Waals surface area contributed by atoms with Crippen LogP contribution in [0.15, 0.2) is 29.2 Å². The standard InChI is InChI=1S/C15H23NO4S/c1-15(7-9-20-10-8-15)16-11-14(17)12-3-5-13(6-4-12)21(2,18)19/h3-6,14,16-17H,7-11H2,1-2H3. The Labute approximate surface area is 126 Å². The van der Waals surface area contributed by atoms with Gasteiger partial charge >= 0.3 is 0 Å². The van der Waals surface area contributed by atoms with Gasteiger partial charge in [-0.15, -0.1) is 0 Å². The van der Waals surface area contributed by atoms with E-state index in [4.69, 9.17) is 4.74 Å². The van der Waals surface area contributed by atoms with Gasteiger partial charge in [0.1, 0.15) is 0 Å². The minimum Gasteiger partial charge on any atom is -0.387 e. The van der Waals surface area contributed by atoms with Gasteiger partial charge in [0.25, 0.3) is 0 Å². The second-order valence-corrected chi connectivity index (χ2v) is 7.93. The van der Waals surface area contributed by atoms with Gasteiger partial charge in [-0.05, 0) is 37.5 Å². The van der Waals surface area contributed by atoms with Crippen molar-refractivity contribution in [1.29, 1.82) is 0 Å². The monoisotopic (exact) mass is 313 g/mol. The first kappa shape index (κ1) is 16.4. The summed E-state index contributed by atoms with van der Waals surface area (Å²) < 4.78 is 28.1. The Morgan fingerprint density at radius 2 is 1.86 bits per heavy atom. The maximum absolute atomic E-state index is 11.4. The summed E-state index contributed by atoms with van der Waals surface area (Å²) in [6.07, 6.45) is 2.36. The Morgan fingerprint density at radius 1 is 1.29 bits per heavy atom. The zero-order valence-corrected chi connectivity index (χ0v) is 13.3. The van der Waals surface area contributed by atoms with Gasteiger partial charge in [-0.3, -0.25) is 0 Å². The Kier molecular flexibility index (Phi) is 5.03. The number of benzene rings is 1. The van der Waals surface area contributed by atoms with Crippen molar-refractivity contribution in [3.63, 3.8) is 0 Å². The molecule has 1 atom stereocenters. The molecule has 1 aromatic carbocycles. The number of rotatable bonds is 5. The van der Waals surface area contributed by atoms with Crippen LogP contribution >= 0.6 is 0 Å². The lowest BCUT2D eigenvalue weighted by molar-refractivity contribution is 0.0388. The molecule has 1 aliphatic rings. The number of hydrogen-bond acceptors (Lipinski definition) is 5. The summed E-state index contributed by atoms with van der Waals surface area (Å²) in [6, 6.07) is 6.39. The molecule has 0 spiro atoms. The topological polar surface area (TPSA) is 75.6 Å². The van der Waals surface area contributed by atoms with E-state index in [1.807, 2.05) is 0 Å².